The first-order valence-electron chi connectivity index (χ1n) is 4.53. The fourth-order valence-electron chi connectivity index (χ4n) is 1.66. The number of primary amides is 1. The minimum Gasteiger partial charge on any atom is -0.398 e. The molecule has 3 nitrogen and oxygen atoms in total. The van der Waals surface area contributed by atoms with Gasteiger partial charge in [-0.2, -0.15) is 0 Å². The summed E-state index contributed by atoms with van der Waals surface area (Å²) in [6.45, 7) is 7.75. The molecule has 0 fully saturated rings. The lowest BCUT2D eigenvalue weighted by Crippen LogP contribution is -2.17. The van der Waals surface area contributed by atoms with Gasteiger partial charge in [-0.3, -0.25) is 4.79 Å². The Bertz CT molecular complexity index is 379. The van der Waals surface area contributed by atoms with Gasteiger partial charge >= 0.3 is 0 Å². The summed E-state index contributed by atoms with van der Waals surface area (Å²) >= 11 is 0. The van der Waals surface area contributed by atoms with Gasteiger partial charge in [-0.1, -0.05) is 0 Å². The topological polar surface area (TPSA) is 69.1 Å². The van der Waals surface area contributed by atoms with Crippen LogP contribution in [-0.4, -0.2) is 5.91 Å². The van der Waals surface area contributed by atoms with Crippen LogP contribution < -0.4 is 11.5 Å². The Morgan fingerprint density at radius 3 is 1.79 bits per heavy atom. The van der Waals surface area contributed by atoms with E-state index >= 15 is 0 Å². The predicted molar refractivity (Wildman–Crippen MR) is 58.3 cm³/mol. The van der Waals surface area contributed by atoms with E-state index in [0.29, 0.717) is 11.3 Å². The van der Waals surface area contributed by atoms with Crippen molar-refractivity contribution in [2.75, 3.05) is 5.73 Å². The molecule has 1 aromatic rings. The number of anilines is 1. The molecule has 0 saturated heterocycles. The van der Waals surface area contributed by atoms with Gasteiger partial charge in [0.2, 0.25) is 0 Å². The van der Waals surface area contributed by atoms with Crippen LogP contribution in [0.4, 0.5) is 5.69 Å². The normalized spacial score (nSPS) is 10.3. The molecule has 14 heavy (non-hydrogen) atoms. The molecule has 1 aromatic carbocycles. The summed E-state index contributed by atoms with van der Waals surface area (Å²) in [5.41, 5.74) is 16.2. The van der Waals surface area contributed by atoms with Gasteiger partial charge in [0.25, 0.3) is 5.91 Å². The van der Waals surface area contributed by atoms with Crippen LogP contribution >= 0.6 is 0 Å². The highest BCUT2D eigenvalue weighted by atomic mass is 16.1. The second-order valence-corrected chi connectivity index (χ2v) is 3.65. The number of nitrogens with two attached hydrogens (primary N) is 2. The summed E-state index contributed by atoms with van der Waals surface area (Å²) in [5.74, 6) is -0.453. The van der Waals surface area contributed by atoms with Crippen molar-refractivity contribution in [1.29, 1.82) is 0 Å². The first-order chi connectivity index (χ1) is 6.37. The largest absolute Gasteiger partial charge is 0.398 e. The number of benzene rings is 1. The lowest BCUT2D eigenvalue weighted by molar-refractivity contribution is 0.100. The molecule has 76 valence electrons. The van der Waals surface area contributed by atoms with E-state index in [4.69, 9.17) is 11.5 Å². The van der Waals surface area contributed by atoms with E-state index in [2.05, 4.69) is 0 Å². The molecule has 0 heterocycles. The average Bonchev–Trinajstić information content (AvgIpc) is 2.11. The van der Waals surface area contributed by atoms with Gasteiger partial charge in [-0.05, 0) is 49.9 Å². The van der Waals surface area contributed by atoms with Crippen LogP contribution in [0.5, 0.6) is 0 Å². The molecule has 0 aliphatic heterocycles. The van der Waals surface area contributed by atoms with Gasteiger partial charge in [-0.15, -0.1) is 0 Å². The van der Waals surface area contributed by atoms with Crippen molar-refractivity contribution in [3.05, 3.63) is 27.8 Å². The summed E-state index contributed by atoms with van der Waals surface area (Å²) in [5, 5.41) is 0. The van der Waals surface area contributed by atoms with E-state index < -0.39 is 5.91 Å². The Balaban J connectivity index is 3.68. The highest BCUT2D eigenvalue weighted by Crippen LogP contribution is 2.27. The number of carbonyl (C=O) groups is 1. The summed E-state index contributed by atoms with van der Waals surface area (Å²) in [6.07, 6.45) is 0. The molecular weight excluding hydrogens is 176 g/mol. The molecule has 4 N–H and O–H groups in total. The molecule has 0 atom stereocenters. The van der Waals surface area contributed by atoms with E-state index in [0.717, 1.165) is 22.3 Å². The van der Waals surface area contributed by atoms with Crippen molar-refractivity contribution in [1.82, 2.24) is 0 Å². The Morgan fingerprint density at radius 2 is 1.36 bits per heavy atom. The van der Waals surface area contributed by atoms with Crippen molar-refractivity contribution in [3.8, 4) is 0 Å². The van der Waals surface area contributed by atoms with Crippen LogP contribution in [0, 0.1) is 27.7 Å². The van der Waals surface area contributed by atoms with Crippen molar-refractivity contribution in [2.24, 2.45) is 5.73 Å². The van der Waals surface area contributed by atoms with Crippen LogP contribution in [0.15, 0.2) is 0 Å². The zero-order valence-corrected chi connectivity index (χ0v) is 9.06. The lowest BCUT2D eigenvalue weighted by Gasteiger charge is -2.15. The molecule has 0 spiro atoms. The minimum atomic E-state index is -0.453. The quantitative estimate of drug-likeness (QED) is 0.663. The number of amides is 1. The third kappa shape index (κ3) is 1.35. The van der Waals surface area contributed by atoms with Crippen molar-refractivity contribution < 1.29 is 4.79 Å². The number of hydrogen-bond acceptors (Lipinski definition) is 2. The second-order valence-electron chi connectivity index (χ2n) is 3.65. The molecular formula is C11H16N2O. The van der Waals surface area contributed by atoms with Crippen LogP contribution in [-0.2, 0) is 0 Å². The zero-order chi connectivity index (χ0) is 11.0. The molecule has 0 bridgehead atoms. The van der Waals surface area contributed by atoms with Crippen LogP contribution in [0.3, 0.4) is 0 Å². The fraction of sp³-hybridized carbons (Fsp3) is 0.364. The van der Waals surface area contributed by atoms with Crippen molar-refractivity contribution in [3.63, 3.8) is 0 Å². The van der Waals surface area contributed by atoms with Crippen LogP contribution in [0.1, 0.15) is 32.6 Å². The van der Waals surface area contributed by atoms with Gasteiger partial charge in [0.05, 0.1) is 5.56 Å². The number of nitrogen functional groups attached to an aromatic ring is 1. The number of hydrogen-bond donors (Lipinski definition) is 2. The Morgan fingerprint density at radius 1 is 0.929 bits per heavy atom. The summed E-state index contributed by atoms with van der Waals surface area (Å²) in [4.78, 5) is 11.2. The highest BCUT2D eigenvalue weighted by molar-refractivity contribution is 6.00. The predicted octanol–water partition coefficient (Wildman–Crippen LogP) is 1.60. The highest BCUT2D eigenvalue weighted by Gasteiger charge is 2.16. The van der Waals surface area contributed by atoms with Crippen molar-refractivity contribution in [2.45, 2.75) is 27.7 Å². The Labute approximate surface area is 84.1 Å². The molecule has 3 heteroatoms. The maximum absolute atomic E-state index is 11.2. The van der Waals surface area contributed by atoms with Crippen LogP contribution in [0.25, 0.3) is 0 Å². The second kappa shape index (κ2) is 3.33. The van der Waals surface area contributed by atoms with E-state index in [-0.39, 0.29) is 0 Å². The van der Waals surface area contributed by atoms with Gasteiger partial charge in [0.1, 0.15) is 0 Å². The van der Waals surface area contributed by atoms with E-state index in [1.807, 2.05) is 27.7 Å². The fourth-order valence-corrected chi connectivity index (χ4v) is 1.66. The monoisotopic (exact) mass is 192 g/mol. The Kier molecular flexibility index (Phi) is 2.51. The van der Waals surface area contributed by atoms with E-state index in [1.54, 1.807) is 0 Å². The third-order valence-corrected chi connectivity index (χ3v) is 2.98. The first kappa shape index (κ1) is 10.6. The zero-order valence-electron chi connectivity index (χ0n) is 9.06. The van der Waals surface area contributed by atoms with Gasteiger partial charge in [-0.25, -0.2) is 0 Å². The molecule has 0 aliphatic carbocycles. The maximum Gasteiger partial charge on any atom is 0.251 e. The molecule has 0 aromatic heterocycles. The van der Waals surface area contributed by atoms with E-state index in [9.17, 15) is 4.79 Å². The Hall–Kier alpha value is -1.51. The SMILES string of the molecule is Cc1c(C)c(C)c(C(N)=O)c(N)c1C. The number of carbonyl (C=O) groups excluding carboxylic acids is 1. The smallest absolute Gasteiger partial charge is 0.251 e. The molecule has 0 unspecified atom stereocenters. The van der Waals surface area contributed by atoms with Crippen molar-refractivity contribution >= 4 is 11.6 Å². The summed E-state index contributed by atoms with van der Waals surface area (Å²) in [6, 6.07) is 0. The maximum atomic E-state index is 11.2. The summed E-state index contributed by atoms with van der Waals surface area (Å²) in [7, 11) is 0. The van der Waals surface area contributed by atoms with Gasteiger partial charge in [0, 0.05) is 5.69 Å². The first-order valence-corrected chi connectivity index (χ1v) is 4.53. The van der Waals surface area contributed by atoms with Crippen LogP contribution in [0.2, 0.25) is 0 Å². The third-order valence-electron chi connectivity index (χ3n) is 2.98. The molecule has 0 aliphatic rings. The molecule has 0 saturated carbocycles. The van der Waals surface area contributed by atoms with E-state index in [1.165, 1.54) is 0 Å². The lowest BCUT2D eigenvalue weighted by atomic mass is 9.92. The standard InChI is InChI=1S/C11H16N2O/c1-5-6(2)8(4)10(12)9(7(5)3)11(13)14/h12H2,1-4H3,(H2,13,14). The minimum absolute atomic E-state index is 0.453. The molecule has 1 amide bonds. The van der Waals surface area contributed by atoms with Gasteiger partial charge < -0.3 is 11.5 Å². The number of rotatable bonds is 1. The van der Waals surface area contributed by atoms with Gasteiger partial charge in [0.15, 0.2) is 0 Å². The average molecular weight is 192 g/mol. The summed E-state index contributed by atoms with van der Waals surface area (Å²) < 4.78 is 0. The molecule has 0 radical (unpaired) electrons. The molecule has 1 rings (SSSR count).